The van der Waals surface area contributed by atoms with Crippen molar-refractivity contribution in [1.82, 2.24) is 10.2 Å². The third-order valence-corrected chi connectivity index (χ3v) is 5.14. The van der Waals surface area contributed by atoms with Gasteiger partial charge in [0.1, 0.15) is 6.26 Å². The highest BCUT2D eigenvalue weighted by atomic mass is 16.3. The van der Waals surface area contributed by atoms with E-state index in [2.05, 4.69) is 31.0 Å². The monoisotopic (exact) mass is 318 g/mol. The zero-order valence-electron chi connectivity index (χ0n) is 14.2. The van der Waals surface area contributed by atoms with E-state index in [0.717, 1.165) is 19.4 Å². The van der Waals surface area contributed by atoms with Gasteiger partial charge in [-0.15, -0.1) is 0 Å². The molecule has 1 saturated carbocycles. The van der Waals surface area contributed by atoms with Gasteiger partial charge in [-0.25, -0.2) is 0 Å². The van der Waals surface area contributed by atoms with Gasteiger partial charge in [0, 0.05) is 25.6 Å². The lowest BCUT2D eigenvalue weighted by atomic mass is 9.65. The molecule has 2 bridgehead atoms. The Morgan fingerprint density at radius 3 is 2.83 bits per heavy atom. The Morgan fingerprint density at radius 2 is 2.13 bits per heavy atom. The zero-order valence-corrected chi connectivity index (χ0v) is 14.2. The molecule has 5 heteroatoms. The topological polar surface area (TPSA) is 62.6 Å². The van der Waals surface area contributed by atoms with Crippen molar-refractivity contribution in [3.8, 4) is 0 Å². The fourth-order valence-corrected chi connectivity index (χ4v) is 4.67. The fraction of sp³-hybridized carbons (Fsp3) is 0.667. The van der Waals surface area contributed by atoms with Gasteiger partial charge in [0.05, 0.1) is 11.8 Å². The summed E-state index contributed by atoms with van der Waals surface area (Å²) in [6.45, 7) is 8.13. The van der Waals surface area contributed by atoms with Crippen molar-refractivity contribution in [1.29, 1.82) is 0 Å². The standard InChI is InChI=1S/C18H26N2O3/c1-17(2)8-14-9-18(3,11-17)12-20(14)15(21)4-6-19-16(22)13-5-7-23-10-13/h5,7,10,14H,4,6,8-9,11-12H2,1-3H3,(H,19,22). The van der Waals surface area contributed by atoms with Gasteiger partial charge in [-0.1, -0.05) is 20.8 Å². The van der Waals surface area contributed by atoms with Crippen LogP contribution in [0.15, 0.2) is 23.0 Å². The minimum Gasteiger partial charge on any atom is -0.472 e. The molecule has 1 saturated heterocycles. The third kappa shape index (κ3) is 3.43. The molecule has 2 amide bonds. The lowest BCUT2D eigenvalue weighted by Crippen LogP contribution is -2.39. The smallest absolute Gasteiger partial charge is 0.254 e. The van der Waals surface area contributed by atoms with Crippen LogP contribution in [0.3, 0.4) is 0 Å². The first kappa shape index (κ1) is 16.1. The molecule has 2 aliphatic rings. The van der Waals surface area contributed by atoms with E-state index in [0.29, 0.717) is 30.0 Å². The molecular weight excluding hydrogens is 292 g/mol. The highest BCUT2D eigenvalue weighted by Crippen LogP contribution is 2.52. The van der Waals surface area contributed by atoms with Crippen LogP contribution in [0.2, 0.25) is 0 Å². The maximum Gasteiger partial charge on any atom is 0.254 e. The van der Waals surface area contributed by atoms with Crippen LogP contribution in [0.25, 0.3) is 0 Å². The Hall–Kier alpha value is -1.78. The van der Waals surface area contributed by atoms with Crippen LogP contribution < -0.4 is 5.32 Å². The van der Waals surface area contributed by atoms with Crippen LogP contribution in [-0.2, 0) is 4.79 Å². The van der Waals surface area contributed by atoms with Crippen LogP contribution in [0.5, 0.6) is 0 Å². The van der Waals surface area contributed by atoms with E-state index in [-0.39, 0.29) is 17.2 Å². The molecule has 1 aliphatic carbocycles. The molecule has 2 fully saturated rings. The summed E-state index contributed by atoms with van der Waals surface area (Å²) in [6, 6.07) is 1.98. The van der Waals surface area contributed by atoms with Crippen molar-refractivity contribution in [2.45, 2.75) is 52.5 Å². The van der Waals surface area contributed by atoms with Crippen molar-refractivity contribution in [3.05, 3.63) is 24.2 Å². The number of furan rings is 1. The lowest BCUT2D eigenvalue weighted by molar-refractivity contribution is -0.132. The van der Waals surface area contributed by atoms with Crippen molar-refractivity contribution < 1.29 is 14.0 Å². The van der Waals surface area contributed by atoms with Crippen molar-refractivity contribution in [3.63, 3.8) is 0 Å². The van der Waals surface area contributed by atoms with E-state index >= 15 is 0 Å². The molecule has 1 aliphatic heterocycles. The number of likely N-dealkylation sites (tertiary alicyclic amines) is 1. The number of hydrogen-bond acceptors (Lipinski definition) is 3. The number of carbonyl (C=O) groups excluding carboxylic acids is 2. The maximum atomic E-state index is 12.6. The van der Waals surface area contributed by atoms with Crippen molar-refractivity contribution in [2.75, 3.05) is 13.1 Å². The quantitative estimate of drug-likeness (QED) is 0.928. The van der Waals surface area contributed by atoms with Gasteiger partial charge < -0.3 is 14.6 Å². The van der Waals surface area contributed by atoms with Crippen LogP contribution in [0.4, 0.5) is 0 Å². The molecule has 1 aromatic rings. The predicted octanol–water partition coefficient (Wildman–Crippen LogP) is 2.83. The zero-order chi connectivity index (χ0) is 16.7. The Bertz CT molecular complexity index is 593. The van der Waals surface area contributed by atoms with Crippen LogP contribution in [0.1, 0.15) is 56.8 Å². The summed E-state index contributed by atoms with van der Waals surface area (Å²) in [5.74, 6) is -0.0382. The second-order valence-electron chi connectivity index (χ2n) is 8.25. The summed E-state index contributed by atoms with van der Waals surface area (Å²) < 4.78 is 4.89. The van der Waals surface area contributed by atoms with E-state index in [4.69, 9.17) is 4.42 Å². The number of carbonyl (C=O) groups is 2. The Labute approximate surface area is 137 Å². The van der Waals surface area contributed by atoms with Crippen molar-refractivity contribution in [2.24, 2.45) is 10.8 Å². The molecule has 2 unspecified atom stereocenters. The van der Waals surface area contributed by atoms with Gasteiger partial charge in [0.2, 0.25) is 5.91 Å². The number of nitrogens with one attached hydrogen (secondary N) is 1. The lowest BCUT2D eigenvalue weighted by Gasteiger charge is -2.39. The summed E-state index contributed by atoms with van der Waals surface area (Å²) >= 11 is 0. The maximum absolute atomic E-state index is 12.6. The summed E-state index contributed by atoms with van der Waals surface area (Å²) in [6.07, 6.45) is 6.60. The van der Waals surface area contributed by atoms with E-state index < -0.39 is 0 Å². The summed E-state index contributed by atoms with van der Waals surface area (Å²) in [7, 11) is 0. The third-order valence-electron chi connectivity index (χ3n) is 5.14. The van der Waals surface area contributed by atoms with E-state index in [1.54, 1.807) is 6.07 Å². The predicted molar refractivity (Wildman–Crippen MR) is 86.9 cm³/mol. The van der Waals surface area contributed by atoms with Gasteiger partial charge in [0.15, 0.2) is 0 Å². The summed E-state index contributed by atoms with van der Waals surface area (Å²) in [5.41, 5.74) is 1.05. The van der Waals surface area contributed by atoms with Gasteiger partial charge in [0.25, 0.3) is 5.91 Å². The highest BCUT2D eigenvalue weighted by Gasteiger charge is 2.50. The van der Waals surface area contributed by atoms with E-state index in [1.807, 2.05) is 0 Å². The molecule has 0 radical (unpaired) electrons. The molecule has 5 nitrogen and oxygen atoms in total. The number of rotatable bonds is 4. The average Bonchev–Trinajstić information content (AvgIpc) is 3.03. The van der Waals surface area contributed by atoms with Gasteiger partial charge in [-0.05, 0) is 36.2 Å². The number of hydrogen-bond donors (Lipinski definition) is 1. The SMILES string of the molecule is CC1(C)CC2CC(C)(CN2C(=O)CCNC(=O)c2ccoc2)C1. The molecule has 1 aromatic heterocycles. The molecule has 1 N–H and O–H groups in total. The second-order valence-corrected chi connectivity index (χ2v) is 8.25. The van der Waals surface area contributed by atoms with Crippen LogP contribution in [0, 0.1) is 10.8 Å². The average molecular weight is 318 g/mol. The number of fused-ring (bicyclic) bond motifs is 2. The molecule has 126 valence electrons. The molecule has 23 heavy (non-hydrogen) atoms. The van der Waals surface area contributed by atoms with Crippen LogP contribution in [-0.4, -0.2) is 35.8 Å². The van der Waals surface area contributed by atoms with E-state index in [1.165, 1.54) is 18.9 Å². The fourth-order valence-electron chi connectivity index (χ4n) is 4.67. The first-order valence-electron chi connectivity index (χ1n) is 8.38. The Balaban J connectivity index is 1.52. The van der Waals surface area contributed by atoms with Gasteiger partial charge in [-0.2, -0.15) is 0 Å². The largest absolute Gasteiger partial charge is 0.472 e. The molecule has 2 heterocycles. The van der Waals surface area contributed by atoms with Crippen LogP contribution >= 0.6 is 0 Å². The Morgan fingerprint density at radius 1 is 1.35 bits per heavy atom. The minimum absolute atomic E-state index is 0.156. The molecule has 0 spiro atoms. The van der Waals surface area contributed by atoms with Gasteiger partial charge in [-0.3, -0.25) is 9.59 Å². The second kappa shape index (κ2) is 5.69. The molecule has 0 aromatic carbocycles. The highest BCUT2D eigenvalue weighted by molar-refractivity contribution is 5.94. The normalized spacial score (nSPS) is 28.7. The minimum atomic E-state index is -0.195. The number of nitrogens with zero attached hydrogens (tertiary/aromatic N) is 1. The van der Waals surface area contributed by atoms with Crippen molar-refractivity contribution >= 4 is 11.8 Å². The summed E-state index contributed by atoms with van der Waals surface area (Å²) in [4.78, 5) is 26.5. The number of amides is 2. The molecular formula is C18H26N2O3. The van der Waals surface area contributed by atoms with Gasteiger partial charge >= 0.3 is 0 Å². The Kier molecular flexibility index (Phi) is 3.98. The summed E-state index contributed by atoms with van der Waals surface area (Å²) in [5, 5.41) is 2.78. The molecule has 2 atom stereocenters. The first-order chi connectivity index (χ1) is 10.8. The van der Waals surface area contributed by atoms with E-state index in [9.17, 15) is 9.59 Å². The first-order valence-corrected chi connectivity index (χ1v) is 8.38. The molecule has 3 rings (SSSR count).